The van der Waals surface area contributed by atoms with E-state index < -0.39 is 17.2 Å². The molecule has 2 aromatic rings. The highest BCUT2D eigenvalue weighted by Gasteiger charge is 2.15. The number of aromatic nitrogens is 2. The molecule has 0 aliphatic heterocycles. The van der Waals surface area contributed by atoms with Gasteiger partial charge >= 0.3 is 0 Å². The zero-order chi connectivity index (χ0) is 11.9. The molecule has 0 aliphatic carbocycles. The molecule has 3 nitrogen and oxygen atoms in total. The number of nitrogens with zero attached hydrogens (tertiary/aromatic N) is 2. The van der Waals surface area contributed by atoms with Crippen LogP contribution in [0.2, 0.25) is 0 Å². The average molecular weight is 224 g/mol. The summed E-state index contributed by atoms with van der Waals surface area (Å²) in [7, 11) is 1.57. The first-order valence-electron chi connectivity index (χ1n) is 4.72. The third kappa shape index (κ3) is 1.44. The van der Waals surface area contributed by atoms with Gasteiger partial charge in [-0.05, 0) is 19.1 Å². The topological polar surface area (TPSA) is 26.9 Å². The first-order chi connectivity index (χ1) is 7.52. The maximum absolute atomic E-state index is 13.5. The van der Waals surface area contributed by atoms with Crippen molar-refractivity contribution in [3.05, 3.63) is 51.9 Å². The quantitative estimate of drug-likeness (QED) is 0.725. The largest absolute Gasteiger partial charge is 0.285 e. The Balaban J connectivity index is 2.82. The fraction of sp³-hybridized carbons (Fsp3) is 0.182. The molecular weight excluding hydrogens is 214 g/mol. The third-order valence-corrected chi connectivity index (χ3v) is 2.50. The van der Waals surface area contributed by atoms with E-state index in [0.29, 0.717) is 5.69 Å². The molecule has 0 spiro atoms. The fourth-order valence-corrected chi connectivity index (χ4v) is 1.59. The van der Waals surface area contributed by atoms with Gasteiger partial charge in [0.1, 0.15) is 5.69 Å². The van der Waals surface area contributed by atoms with E-state index in [2.05, 4.69) is 0 Å². The number of hydrogen-bond acceptors (Lipinski definition) is 1. The Labute approximate surface area is 90.5 Å². The van der Waals surface area contributed by atoms with Gasteiger partial charge in [0.05, 0.1) is 0 Å². The number of benzene rings is 1. The summed E-state index contributed by atoms with van der Waals surface area (Å²) in [4.78, 5) is 11.6. The third-order valence-electron chi connectivity index (χ3n) is 2.50. The van der Waals surface area contributed by atoms with Crippen molar-refractivity contribution in [1.29, 1.82) is 0 Å². The van der Waals surface area contributed by atoms with Crippen molar-refractivity contribution in [1.82, 2.24) is 9.36 Å². The van der Waals surface area contributed by atoms with Gasteiger partial charge in [-0.1, -0.05) is 6.07 Å². The molecule has 1 aromatic carbocycles. The molecule has 0 amide bonds. The molecule has 0 radical (unpaired) electrons. The molecule has 0 saturated carbocycles. The summed E-state index contributed by atoms with van der Waals surface area (Å²) >= 11 is 0. The molecule has 0 aliphatic rings. The molecule has 0 saturated heterocycles. The Morgan fingerprint density at radius 2 is 1.75 bits per heavy atom. The fourth-order valence-electron chi connectivity index (χ4n) is 1.59. The van der Waals surface area contributed by atoms with E-state index in [-0.39, 0.29) is 5.69 Å². The molecule has 0 N–H and O–H groups in total. The second-order valence-corrected chi connectivity index (χ2v) is 3.53. The molecular formula is C11H10F2N2O. The lowest BCUT2D eigenvalue weighted by molar-refractivity contribution is 0.526. The van der Waals surface area contributed by atoms with Crippen molar-refractivity contribution in [2.45, 2.75) is 6.92 Å². The number of para-hydroxylation sites is 1. The second-order valence-electron chi connectivity index (χ2n) is 3.53. The van der Waals surface area contributed by atoms with Gasteiger partial charge in [0.15, 0.2) is 11.6 Å². The van der Waals surface area contributed by atoms with Crippen molar-refractivity contribution in [3.8, 4) is 5.69 Å². The van der Waals surface area contributed by atoms with E-state index in [9.17, 15) is 13.6 Å². The molecule has 1 aromatic heterocycles. The van der Waals surface area contributed by atoms with Crippen molar-refractivity contribution < 1.29 is 8.78 Å². The van der Waals surface area contributed by atoms with Crippen molar-refractivity contribution >= 4 is 0 Å². The summed E-state index contributed by atoms with van der Waals surface area (Å²) in [5.41, 5.74) is -0.167. The van der Waals surface area contributed by atoms with E-state index in [0.717, 1.165) is 16.8 Å². The standard InChI is InChI=1S/C11H10F2N2O/c1-7-6-10(16)15(14(7)2)11-8(12)4-3-5-9(11)13/h3-6H,1-2H3. The predicted molar refractivity (Wildman–Crippen MR) is 55.7 cm³/mol. The molecule has 1 heterocycles. The van der Waals surface area contributed by atoms with Crippen LogP contribution in [0.25, 0.3) is 5.69 Å². The number of aryl methyl sites for hydroxylation is 1. The Morgan fingerprint density at radius 3 is 2.19 bits per heavy atom. The number of hydrogen-bond donors (Lipinski definition) is 0. The smallest absolute Gasteiger partial charge is 0.271 e. The van der Waals surface area contributed by atoms with Crippen molar-refractivity contribution in [3.63, 3.8) is 0 Å². The van der Waals surface area contributed by atoms with Gasteiger partial charge in [0.2, 0.25) is 0 Å². The molecule has 0 unspecified atom stereocenters. The second kappa shape index (κ2) is 3.59. The van der Waals surface area contributed by atoms with Crippen LogP contribution in [0.1, 0.15) is 5.69 Å². The van der Waals surface area contributed by atoms with E-state index >= 15 is 0 Å². The molecule has 16 heavy (non-hydrogen) atoms. The van der Waals surface area contributed by atoms with E-state index in [4.69, 9.17) is 0 Å². The van der Waals surface area contributed by atoms with Gasteiger partial charge in [0, 0.05) is 18.8 Å². The van der Waals surface area contributed by atoms with Crippen LogP contribution in [0.15, 0.2) is 29.1 Å². The highest BCUT2D eigenvalue weighted by molar-refractivity contribution is 5.34. The maximum atomic E-state index is 13.5. The molecule has 0 bridgehead atoms. The Bertz CT molecular complexity index is 578. The van der Waals surface area contributed by atoms with E-state index in [1.807, 2.05) is 0 Å². The normalized spacial score (nSPS) is 10.8. The van der Waals surface area contributed by atoms with Crippen molar-refractivity contribution in [2.24, 2.45) is 7.05 Å². The number of halogens is 2. The van der Waals surface area contributed by atoms with Gasteiger partial charge in [-0.3, -0.25) is 9.48 Å². The molecule has 0 fully saturated rings. The van der Waals surface area contributed by atoms with Crippen LogP contribution in [0.5, 0.6) is 0 Å². The van der Waals surface area contributed by atoms with Gasteiger partial charge in [-0.2, -0.15) is 0 Å². The van der Waals surface area contributed by atoms with Gasteiger partial charge in [-0.25, -0.2) is 13.5 Å². The lowest BCUT2D eigenvalue weighted by atomic mass is 10.3. The van der Waals surface area contributed by atoms with E-state index in [1.54, 1.807) is 14.0 Å². The summed E-state index contributed by atoms with van der Waals surface area (Å²) in [5, 5.41) is 0. The Kier molecular flexibility index (Phi) is 2.38. The minimum atomic E-state index is -0.761. The highest BCUT2D eigenvalue weighted by atomic mass is 19.1. The molecule has 0 atom stereocenters. The van der Waals surface area contributed by atoms with Gasteiger partial charge in [-0.15, -0.1) is 0 Å². The first-order valence-corrected chi connectivity index (χ1v) is 4.72. The summed E-state index contributed by atoms with van der Waals surface area (Å²) in [6.07, 6.45) is 0. The van der Waals surface area contributed by atoms with Crippen LogP contribution in [0, 0.1) is 18.6 Å². The molecule has 84 valence electrons. The van der Waals surface area contributed by atoms with Crippen LogP contribution >= 0.6 is 0 Å². The highest BCUT2D eigenvalue weighted by Crippen LogP contribution is 2.15. The Hall–Kier alpha value is -1.91. The van der Waals surface area contributed by atoms with Crippen molar-refractivity contribution in [2.75, 3.05) is 0 Å². The predicted octanol–water partition coefficient (Wildman–Crippen LogP) is 1.76. The van der Waals surface area contributed by atoms with Crippen LogP contribution < -0.4 is 5.56 Å². The molecule has 5 heteroatoms. The average Bonchev–Trinajstić information content (AvgIpc) is 2.44. The first kappa shape index (κ1) is 10.6. The Morgan fingerprint density at radius 1 is 1.19 bits per heavy atom. The lowest BCUT2D eigenvalue weighted by Gasteiger charge is -2.10. The van der Waals surface area contributed by atoms with Crippen LogP contribution in [0.4, 0.5) is 8.78 Å². The molecule has 2 rings (SSSR count). The summed E-state index contributed by atoms with van der Waals surface area (Å²) < 4.78 is 29.4. The summed E-state index contributed by atoms with van der Waals surface area (Å²) in [6.45, 7) is 1.69. The van der Waals surface area contributed by atoms with Crippen LogP contribution in [-0.4, -0.2) is 9.36 Å². The van der Waals surface area contributed by atoms with Crippen LogP contribution in [0.3, 0.4) is 0 Å². The van der Waals surface area contributed by atoms with E-state index in [1.165, 1.54) is 16.8 Å². The maximum Gasteiger partial charge on any atom is 0.271 e. The van der Waals surface area contributed by atoms with Gasteiger partial charge in [0.25, 0.3) is 5.56 Å². The zero-order valence-electron chi connectivity index (χ0n) is 8.87. The van der Waals surface area contributed by atoms with Crippen LogP contribution in [-0.2, 0) is 7.05 Å². The minimum Gasteiger partial charge on any atom is -0.285 e. The summed E-state index contributed by atoms with van der Waals surface area (Å²) in [5.74, 6) is -1.52. The lowest BCUT2D eigenvalue weighted by Crippen LogP contribution is -2.21. The minimum absolute atomic E-state index is 0.344. The number of rotatable bonds is 1. The zero-order valence-corrected chi connectivity index (χ0v) is 8.87. The SMILES string of the molecule is Cc1cc(=O)n(-c2c(F)cccc2F)n1C. The monoisotopic (exact) mass is 224 g/mol. The summed E-state index contributed by atoms with van der Waals surface area (Å²) in [6, 6.07) is 4.82. The van der Waals surface area contributed by atoms with Gasteiger partial charge < -0.3 is 0 Å².